The normalized spacial score (nSPS) is 10.5. The van der Waals surface area contributed by atoms with Gasteiger partial charge in [-0.1, -0.05) is 9.64 Å². The van der Waals surface area contributed by atoms with Gasteiger partial charge in [-0.2, -0.15) is 4.98 Å². The molecule has 0 unspecified atom stereocenters. The van der Waals surface area contributed by atoms with Crippen LogP contribution in [-0.2, 0) is 0 Å². The van der Waals surface area contributed by atoms with Crippen LogP contribution >= 0.6 is 34.1 Å². The van der Waals surface area contributed by atoms with Gasteiger partial charge in [0.1, 0.15) is 4.88 Å². The van der Waals surface area contributed by atoms with Crippen LogP contribution in [0, 0.1) is 10.8 Å². The molecular formula is C5H3IN4OS. The lowest BCUT2D eigenvalue weighted by molar-refractivity contribution is 0.426. The molecule has 0 bridgehead atoms. The Kier molecular flexibility index (Phi) is 2.05. The SMILES string of the molecule is Cc1nnsc1-c1nc(I)no1. The molecule has 2 heterocycles. The summed E-state index contributed by atoms with van der Waals surface area (Å²) in [5.74, 6) is 0.493. The Bertz CT molecular complexity index is 398. The minimum Gasteiger partial charge on any atom is -0.332 e. The summed E-state index contributed by atoms with van der Waals surface area (Å²) < 4.78 is 9.31. The molecule has 0 amide bonds. The number of hydrogen-bond acceptors (Lipinski definition) is 6. The number of halogens is 1. The van der Waals surface area contributed by atoms with Gasteiger partial charge in [0.05, 0.1) is 5.69 Å². The highest BCUT2D eigenvalue weighted by atomic mass is 127. The fourth-order valence-corrected chi connectivity index (χ4v) is 1.62. The summed E-state index contributed by atoms with van der Waals surface area (Å²) in [6.07, 6.45) is 0. The summed E-state index contributed by atoms with van der Waals surface area (Å²) in [6, 6.07) is 0. The van der Waals surface area contributed by atoms with Gasteiger partial charge < -0.3 is 4.52 Å². The van der Waals surface area contributed by atoms with E-state index in [1.165, 1.54) is 11.5 Å². The Labute approximate surface area is 85.5 Å². The van der Waals surface area contributed by atoms with E-state index in [9.17, 15) is 0 Å². The molecule has 0 saturated heterocycles. The van der Waals surface area contributed by atoms with Crippen LogP contribution in [0.4, 0.5) is 0 Å². The van der Waals surface area contributed by atoms with Crippen molar-refractivity contribution in [3.05, 3.63) is 9.53 Å². The molecule has 0 N–H and O–H groups in total. The zero-order chi connectivity index (χ0) is 8.55. The molecule has 0 atom stereocenters. The Hall–Kier alpha value is -0.570. The van der Waals surface area contributed by atoms with Gasteiger partial charge in [-0.05, 0) is 18.5 Å². The van der Waals surface area contributed by atoms with Crippen molar-refractivity contribution in [2.75, 3.05) is 0 Å². The second-order valence-electron chi connectivity index (χ2n) is 2.06. The Balaban J connectivity index is 2.50. The maximum absolute atomic E-state index is 4.95. The van der Waals surface area contributed by atoms with E-state index in [1.807, 2.05) is 29.5 Å². The van der Waals surface area contributed by atoms with Crippen LogP contribution < -0.4 is 0 Å². The maximum atomic E-state index is 4.95. The highest BCUT2D eigenvalue weighted by Crippen LogP contribution is 2.23. The number of aromatic nitrogens is 4. The van der Waals surface area contributed by atoms with Crippen molar-refractivity contribution in [3.8, 4) is 10.8 Å². The molecule has 0 spiro atoms. The third kappa shape index (κ3) is 1.33. The first kappa shape index (κ1) is 8.05. The second-order valence-corrected chi connectivity index (χ2v) is 3.78. The lowest BCUT2D eigenvalue weighted by atomic mass is 10.4. The maximum Gasteiger partial charge on any atom is 0.272 e. The summed E-state index contributed by atoms with van der Waals surface area (Å²) in [6.45, 7) is 1.86. The fraction of sp³-hybridized carbons (Fsp3) is 0.200. The van der Waals surface area contributed by atoms with E-state index >= 15 is 0 Å². The fourth-order valence-electron chi connectivity index (χ4n) is 0.725. The Morgan fingerprint density at radius 3 is 2.83 bits per heavy atom. The standard InChI is InChI=1S/C5H3IN4OS/c1-2-3(12-10-8-2)4-7-5(6)9-11-4/h1H3. The van der Waals surface area contributed by atoms with E-state index in [4.69, 9.17) is 4.52 Å². The molecule has 7 heteroatoms. The molecule has 0 radical (unpaired) electrons. The number of aryl methyl sites for hydroxylation is 1. The smallest absolute Gasteiger partial charge is 0.272 e. The molecule has 2 aromatic rings. The summed E-state index contributed by atoms with van der Waals surface area (Å²) in [7, 11) is 0. The van der Waals surface area contributed by atoms with Crippen molar-refractivity contribution in [3.63, 3.8) is 0 Å². The van der Waals surface area contributed by atoms with E-state index in [0.29, 0.717) is 9.72 Å². The zero-order valence-electron chi connectivity index (χ0n) is 5.98. The lowest BCUT2D eigenvalue weighted by Crippen LogP contribution is -1.77. The lowest BCUT2D eigenvalue weighted by Gasteiger charge is -1.83. The van der Waals surface area contributed by atoms with E-state index < -0.39 is 0 Å². The molecule has 0 aromatic carbocycles. The highest BCUT2D eigenvalue weighted by Gasteiger charge is 2.12. The van der Waals surface area contributed by atoms with Crippen LogP contribution in [0.5, 0.6) is 0 Å². The van der Waals surface area contributed by atoms with Crippen molar-refractivity contribution in [1.29, 1.82) is 0 Å². The van der Waals surface area contributed by atoms with Crippen LogP contribution in [0.15, 0.2) is 4.52 Å². The molecule has 0 fully saturated rings. The summed E-state index contributed by atoms with van der Waals surface area (Å²) in [5, 5.41) is 7.51. The van der Waals surface area contributed by atoms with Crippen molar-refractivity contribution in [2.45, 2.75) is 6.92 Å². The minimum atomic E-state index is 0.493. The van der Waals surface area contributed by atoms with Gasteiger partial charge in [-0.25, -0.2) is 0 Å². The van der Waals surface area contributed by atoms with Gasteiger partial charge >= 0.3 is 0 Å². The molecule has 62 valence electrons. The number of rotatable bonds is 1. The number of hydrogen-bond donors (Lipinski definition) is 0. The number of nitrogens with zero attached hydrogens (tertiary/aromatic N) is 4. The minimum absolute atomic E-state index is 0.493. The average Bonchev–Trinajstić information content (AvgIpc) is 2.58. The van der Waals surface area contributed by atoms with E-state index in [1.54, 1.807) is 0 Å². The quantitative estimate of drug-likeness (QED) is 0.746. The summed E-state index contributed by atoms with van der Waals surface area (Å²) in [4.78, 5) is 4.89. The predicted molar refractivity (Wildman–Crippen MR) is 50.7 cm³/mol. The molecule has 0 aliphatic heterocycles. The first-order chi connectivity index (χ1) is 5.77. The van der Waals surface area contributed by atoms with Crippen LogP contribution in [0.2, 0.25) is 0 Å². The topological polar surface area (TPSA) is 64.7 Å². The molecule has 0 aliphatic carbocycles. The molecule has 0 aliphatic rings. The molecular weight excluding hydrogens is 291 g/mol. The van der Waals surface area contributed by atoms with E-state index in [-0.39, 0.29) is 0 Å². The van der Waals surface area contributed by atoms with Gasteiger partial charge in [-0.3, -0.25) is 0 Å². The van der Waals surface area contributed by atoms with Crippen molar-refractivity contribution < 1.29 is 4.52 Å². The molecule has 5 nitrogen and oxygen atoms in total. The first-order valence-electron chi connectivity index (χ1n) is 3.06. The average molecular weight is 294 g/mol. The Morgan fingerprint density at radius 1 is 1.50 bits per heavy atom. The second kappa shape index (κ2) is 3.05. The highest BCUT2D eigenvalue weighted by molar-refractivity contribution is 14.1. The zero-order valence-corrected chi connectivity index (χ0v) is 8.96. The monoisotopic (exact) mass is 294 g/mol. The van der Waals surface area contributed by atoms with E-state index in [0.717, 1.165) is 10.6 Å². The summed E-state index contributed by atoms with van der Waals surface area (Å²) >= 11 is 3.24. The molecule has 12 heavy (non-hydrogen) atoms. The van der Waals surface area contributed by atoms with Gasteiger partial charge in [-0.15, -0.1) is 5.10 Å². The van der Waals surface area contributed by atoms with Crippen molar-refractivity contribution >= 4 is 34.1 Å². The predicted octanol–water partition coefficient (Wildman–Crippen LogP) is 1.50. The first-order valence-corrected chi connectivity index (χ1v) is 4.91. The van der Waals surface area contributed by atoms with E-state index in [2.05, 4.69) is 19.7 Å². The van der Waals surface area contributed by atoms with Gasteiger partial charge in [0.25, 0.3) is 5.89 Å². The van der Waals surface area contributed by atoms with Gasteiger partial charge in [0.2, 0.25) is 3.83 Å². The van der Waals surface area contributed by atoms with Crippen LogP contribution in [0.3, 0.4) is 0 Å². The van der Waals surface area contributed by atoms with Crippen molar-refractivity contribution in [1.82, 2.24) is 19.7 Å². The summed E-state index contributed by atoms with van der Waals surface area (Å²) in [5.41, 5.74) is 0.819. The Morgan fingerprint density at radius 2 is 2.33 bits per heavy atom. The molecule has 0 saturated carbocycles. The molecule has 2 aromatic heterocycles. The van der Waals surface area contributed by atoms with Crippen LogP contribution in [0.1, 0.15) is 5.69 Å². The van der Waals surface area contributed by atoms with Gasteiger partial charge in [0.15, 0.2) is 0 Å². The largest absolute Gasteiger partial charge is 0.332 e. The molecule has 2 rings (SSSR count). The third-order valence-corrected chi connectivity index (χ3v) is 2.50. The van der Waals surface area contributed by atoms with Gasteiger partial charge in [0, 0.05) is 22.6 Å². The van der Waals surface area contributed by atoms with Crippen LogP contribution in [-0.4, -0.2) is 19.7 Å². The van der Waals surface area contributed by atoms with Crippen molar-refractivity contribution in [2.24, 2.45) is 0 Å². The third-order valence-electron chi connectivity index (χ3n) is 1.25. The van der Waals surface area contributed by atoms with Crippen LogP contribution in [0.25, 0.3) is 10.8 Å².